The van der Waals surface area contributed by atoms with E-state index < -0.39 is 5.97 Å². The Labute approximate surface area is 91.0 Å². The second-order valence-electron chi connectivity index (χ2n) is 4.83. The van der Waals surface area contributed by atoms with Gasteiger partial charge < -0.3 is 9.90 Å². The van der Waals surface area contributed by atoms with Crippen molar-refractivity contribution in [1.82, 2.24) is 0 Å². The molecule has 84 valence electrons. The molecule has 3 heteroatoms. The molecule has 0 spiro atoms. The van der Waals surface area contributed by atoms with Crippen molar-refractivity contribution in [3.05, 3.63) is 12.3 Å². The summed E-state index contributed by atoms with van der Waals surface area (Å²) >= 11 is 0. The fourth-order valence-corrected chi connectivity index (χ4v) is 2.96. The number of likely N-dealkylation sites (tertiary alicyclic amines) is 1. The number of rotatable bonds is 3. The number of aliphatic carboxylic acids is 1. The monoisotopic (exact) mass is 209 g/mol. The lowest BCUT2D eigenvalue weighted by atomic mass is 9.89. The molecule has 1 saturated heterocycles. The highest BCUT2D eigenvalue weighted by Gasteiger charge is 2.41. The molecule has 0 aromatic heterocycles. The molecule has 0 atom stereocenters. The third kappa shape index (κ3) is 2.23. The summed E-state index contributed by atoms with van der Waals surface area (Å²) in [5, 5.41) is 10.5. The van der Waals surface area contributed by atoms with Gasteiger partial charge in [-0.05, 0) is 25.7 Å². The van der Waals surface area contributed by atoms with Gasteiger partial charge in [0.05, 0.1) is 31.3 Å². The molecule has 2 rings (SSSR count). The Morgan fingerprint density at radius 2 is 1.80 bits per heavy atom. The summed E-state index contributed by atoms with van der Waals surface area (Å²) in [5.41, 5.74) is 0. The van der Waals surface area contributed by atoms with Crippen LogP contribution in [0.1, 0.15) is 38.5 Å². The first kappa shape index (κ1) is 10.7. The van der Waals surface area contributed by atoms with Crippen LogP contribution in [-0.2, 0) is 4.79 Å². The molecule has 2 aliphatic rings. The first-order valence-electron chi connectivity index (χ1n) is 6.00. The van der Waals surface area contributed by atoms with Gasteiger partial charge in [-0.15, -0.1) is 0 Å². The maximum absolute atomic E-state index is 10.5. The minimum atomic E-state index is -1.06. The van der Waals surface area contributed by atoms with Crippen LogP contribution in [0, 0.1) is 0 Å². The maximum Gasteiger partial charge on any atom is 0.0979 e. The van der Waals surface area contributed by atoms with Crippen molar-refractivity contribution in [1.29, 1.82) is 0 Å². The highest BCUT2D eigenvalue weighted by molar-refractivity contribution is 5.77. The van der Waals surface area contributed by atoms with Crippen LogP contribution >= 0.6 is 0 Å². The fourth-order valence-electron chi connectivity index (χ4n) is 2.96. The van der Waals surface area contributed by atoms with Gasteiger partial charge in [0.2, 0.25) is 0 Å². The molecule has 1 saturated carbocycles. The molecule has 0 N–H and O–H groups in total. The topological polar surface area (TPSA) is 40.1 Å². The molecular weight excluding hydrogens is 190 g/mol. The second-order valence-corrected chi connectivity index (χ2v) is 4.83. The molecule has 0 radical (unpaired) electrons. The first-order chi connectivity index (χ1) is 7.23. The minimum Gasteiger partial charge on any atom is -0.545 e. The standard InChI is InChI=1S/C12H19NO2/c14-12(15)7-10-13(8-4-9-13)11-5-2-1-3-6-11/h7,10-11H,1-6,8-9H2. The highest BCUT2D eigenvalue weighted by Crippen LogP contribution is 2.34. The lowest BCUT2D eigenvalue weighted by Gasteiger charge is -2.49. The molecule has 1 aliphatic heterocycles. The van der Waals surface area contributed by atoms with Gasteiger partial charge in [0.15, 0.2) is 0 Å². The zero-order chi connectivity index (χ0) is 10.7. The molecule has 0 aromatic rings. The zero-order valence-corrected chi connectivity index (χ0v) is 9.15. The second kappa shape index (κ2) is 4.35. The van der Waals surface area contributed by atoms with Crippen LogP contribution in [0.3, 0.4) is 0 Å². The largest absolute Gasteiger partial charge is 0.545 e. The Morgan fingerprint density at radius 1 is 1.13 bits per heavy atom. The van der Waals surface area contributed by atoms with E-state index in [1.807, 2.05) is 6.20 Å². The Balaban J connectivity index is 2.03. The third-order valence-electron chi connectivity index (χ3n) is 3.96. The average Bonchev–Trinajstić information content (AvgIpc) is 2.17. The van der Waals surface area contributed by atoms with Crippen molar-refractivity contribution in [2.24, 2.45) is 0 Å². The molecular formula is C12H19NO2. The average molecular weight is 209 g/mol. The van der Waals surface area contributed by atoms with E-state index in [9.17, 15) is 9.90 Å². The van der Waals surface area contributed by atoms with Crippen molar-refractivity contribution in [3.63, 3.8) is 0 Å². The van der Waals surface area contributed by atoms with Crippen LogP contribution in [0.4, 0.5) is 0 Å². The number of carbonyl (C=O) groups is 1. The number of hydrogen-bond acceptors (Lipinski definition) is 2. The van der Waals surface area contributed by atoms with Crippen molar-refractivity contribution >= 4 is 5.97 Å². The molecule has 2 fully saturated rings. The van der Waals surface area contributed by atoms with E-state index in [0.717, 1.165) is 17.6 Å². The molecule has 15 heavy (non-hydrogen) atoms. The summed E-state index contributed by atoms with van der Waals surface area (Å²) < 4.78 is 0.911. The molecule has 1 aliphatic carbocycles. The van der Waals surface area contributed by atoms with Gasteiger partial charge in [0.1, 0.15) is 0 Å². The predicted molar refractivity (Wildman–Crippen MR) is 55.6 cm³/mol. The Morgan fingerprint density at radius 3 is 2.27 bits per heavy atom. The smallest absolute Gasteiger partial charge is 0.0979 e. The molecule has 0 aromatic carbocycles. The van der Waals surface area contributed by atoms with Gasteiger partial charge in [-0.2, -0.15) is 0 Å². The van der Waals surface area contributed by atoms with Gasteiger partial charge in [-0.25, -0.2) is 0 Å². The van der Waals surface area contributed by atoms with Crippen LogP contribution in [-0.4, -0.2) is 29.6 Å². The van der Waals surface area contributed by atoms with Gasteiger partial charge in [0.25, 0.3) is 0 Å². The van der Waals surface area contributed by atoms with Gasteiger partial charge in [0, 0.05) is 12.5 Å². The summed E-state index contributed by atoms with van der Waals surface area (Å²) in [4.78, 5) is 10.5. The maximum atomic E-state index is 10.5. The van der Waals surface area contributed by atoms with Gasteiger partial charge in [-0.1, -0.05) is 6.42 Å². The summed E-state index contributed by atoms with van der Waals surface area (Å²) in [6, 6.07) is 0.670. The van der Waals surface area contributed by atoms with E-state index >= 15 is 0 Å². The predicted octanol–water partition coefficient (Wildman–Crippen LogP) is 0.803. The lowest BCUT2D eigenvalue weighted by molar-refractivity contribution is -0.942. The van der Waals surface area contributed by atoms with E-state index in [1.165, 1.54) is 44.6 Å². The summed E-state index contributed by atoms with van der Waals surface area (Å²) in [6.45, 7) is 2.24. The minimum absolute atomic E-state index is 0.670. The number of carboxylic acids is 1. The number of hydrogen-bond donors (Lipinski definition) is 0. The van der Waals surface area contributed by atoms with Crippen LogP contribution < -0.4 is 5.11 Å². The van der Waals surface area contributed by atoms with Crippen LogP contribution in [0.5, 0.6) is 0 Å². The normalized spacial score (nSPS) is 26.4. The zero-order valence-electron chi connectivity index (χ0n) is 9.15. The van der Waals surface area contributed by atoms with Crippen molar-refractivity contribution in [2.45, 2.75) is 44.6 Å². The SMILES string of the molecule is O=C([O-])C=C[N+]1(C2CCCCC2)CCC1. The Kier molecular flexibility index (Phi) is 3.10. The number of nitrogens with zero attached hydrogens (tertiary/aromatic N) is 1. The quantitative estimate of drug-likeness (QED) is 0.509. The summed E-state index contributed by atoms with van der Waals surface area (Å²) in [5.74, 6) is -1.06. The first-order valence-corrected chi connectivity index (χ1v) is 6.00. The number of carbonyl (C=O) groups excluding carboxylic acids is 1. The van der Waals surface area contributed by atoms with Crippen molar-refractivity contribution in [2.75, 3.05) is 13.1 Å². The van der Waals surface area contributed by atoms with E-state index in [1.54, 1.807) is 0 Å². The number of quaternary nitrogens is 1. The molecule has 1 heterocycles. The summed E-state index contributed by atoms with van der Waals surface area (Å²) in [7, 11) is 0. The summed E-state index contributed by atoms with van der Waals surface area (Å²) in [6.07, 6.45) is 10.8. The fraction of sp³-hybridized carbons (Fsp3) is 0.750. The Hall–Kier alpha value is -0.830. The molecule has 0 amide bonds. The molecule has 0 bridgehead atoms. The molecule has 3 nitrogen and oxygen atoms in total. The Bertz CT molecular complexity index is 263. The third-order valence-corrected chi connectivity index (χ3v) is 3.96. The van der Waals surface area contributed by atoms with Gasteiger partial charge >= 0.3 is 0 Å². The number of carboxylic acid groups (broad SMARTS) is 1. The van der Waals surface area contributed by atoms with Crippen LogP contribution in [0.25, 0.3) is 0 Å². The lowest BCUT2D eigenvalue weighted by Crippen LogP contribution is -2.60. The van der Waals surface area contributed by atoms with Crippen molar-refractivity contribution < 1.29 is 14.4 Å². The van der Waals surface area contributed by atoms with E-state index in [0.29, 0.717) is 6.04 Å². The van der Waals surface area contributed by atoms with Gasteiger partial charge in [-0.3, -0.25) is 4.48 Å². The molecule has 0 unspecified atom stereocenters. The highest BCUT2D eigenvalue weighted by atomic mass is 16.4. The van der Waals surface area contributed by atoms with Crippen LogP contribution in [0.15, 0.2) is 12.3 Å². The van der Waals surface area contributed by atoms with E-state index in [4.69, 9.17) is 0 Å². The van der Waals surface area contributed by atoms with Crippen molar-refractivity contribution in [3.8, 4) is 0 Å². The van der Waals surface area contributed by atoms with Crippen LogP contribution in [0.2, 0.25) is 0 Å². The van der Waals surface area contributed by atoms with E-state index in [-0.39, 0.29) is 0 Å². The van der Waals surface area contributed by atoms with E-state index in [2.05, 4.69) is 0 Å².